The number of amides is 1. The molecule has 1 aromatic rings. The number of rotatable bonds is 5. The zero-order valence-corrected chi connectivity index (χ0v) is 12.4. The molecular weight excluding hydrogens is 270 g/mol. The summed E-state index contributed by atoms with van der Waals surface area (Å²) in [4.78, 5) is 16.9. The first-order valence-electron chi connectivity index (χ1n) is 7.12. The van der Waals surface area contributed by atoms with Crippen LogP contribution in [0.5, 0.6) is 0 Å². The maximum absolute atomic E-state index is 12.5. The molecule has 0 unspecified atom stereocenters. The first-order valence-corrected chi connectivity index (χ1v) is 7.53. The van der Waals surface area contributed by atoms with Gasteiger partial charge in [-0.3, -0.25) is 9.78 Å². The smallest absolute Gasteiger partial charge is 0.233 e. The molecule has 0 spiro atoms. The summed E-state index contributed by atoms with van der Waals surface area (Å²) in [7, 11) is 0. The Morgan fingerprint density at radius 1 is 1.40 bits per heavy atom. The van der Waals surface area contributed by atoms with Crippen molar-refractivity contribution in [3.05, 3.63) is 30.1 Å². The molecule has 3 N–H and O–H groups in total. The highest BCUT2D eigenvalue weighted by atomic mass is 32.1. The number of nitrogens with two attached hydrogens (primary N) is 1. The van der Waals surface area contributed by atoms with E-state index in [0.29, 0.717) is 11.5 Å². The molecule has 5 heteroatoms. The van der Waals surface area contributed by atoms with Crippen molar-refractivity contribution in [1.82, 2.24) is 10.3 Å². The van der Waals surface area contributed by atoms with Gasteiger partial charge in [-0.05, 0) is 30.9 Å². The van der Waals surface area contributed by atoms with Gasteiger partial charge in [0.2, 0.25) is 5.91 Å². The largest absolute Gasteiger partial charge is 0.392 e. The van der Waals surface area contributed by atoms with E-state index in [-0.39, 0.29) is 5.91 Å². The van der Waals surface area contributed by atoms with Gasteiger partial charge in [0, 0.05) is 18.9 Å². The van der Waals surface area contributed by atoms with Gasteiger partial charge in [0.1, 0.15) is 0 Å². The summed E-state index contributed by atoms with van der Waals surface area (Å²) in [5, 5.41) is 2.99. The zero-order chi connectivity index (χ0) is 14.4. The van der Waals surface area contributed by atoms with Crippen molar-refractivity contribution in [3.63, 3.8) is 0 Å². The maximum atomic E-state index is 12.5. The van der Waals surface area contributed by atoms with Crippen LogP contribution >= 0.6 is 12.2 Å². The van der Waals surface area contributed by atoms with E-state index in [2.05, 4.69) is 10.3 Å². The molecule has 108 valence electrons. The van der Waals surface area contributed by atoms with E-state index in [0.717, 1.165) is 44.1 Å². The van der Waals surface area contributed by atoms with Crippen LogP contribution in [0.3, 0.4) is 0 Å². The Hall–Kier alpha value is -1.49. The Labute approximate surface area is 125 Å². The number of carbonyl (C=O) groups excluding carboxylic acids is 1. The SMILES string of the molecule is NC(=S)C1(C(=O)NCCc2cccnc2)CCCCC1. The highest BCUT2D eigenvalue weighted by molar-refractivity contribution is 7.80. The second-order valence-corrected chi connectivity index (χ2v) is 5.81. The van der Waals surface area contributed by atoms with Gasteiger partial charge in [-0.15, -0.1) is 0 Å². The van der Waals surface area contributed by atoms with Crippen molar-refractivity contribution in [1.29, 1.82) is 0 Å². The molecule has 20 heavy (non-hydrogen) atoms. The third-order valence-corrected chi connectivity index (χ3v) is 4.43. The molecule has 2 rings (SSSR count). The maximum Gasteiger partial charge on any atom is 0.233 e. The number of hydrogen-bond donors (Lipinski definition) is 2. The second kappa shape index (κ2) is 6.79. The van der Waals surface area contributed by atoms with E-state index in [1.807, 2.05) is 18.3 Å². The minimum Gasteiger partial charge on any atom is -0.392 e. The normalized spacial score (nSPS) is 17.4. The summed E-state index contributed by atoms with van der Waals surface area (Å²) >= 11 is 5.15. The lowest BCUT2D eigenvalue weighted by molar-refractivity contribution is -0.128. The van der Waals surface area contributed by atoms with Crippen LogP contribution in [-0.4, -0.2) is 22.4 Å². The summed E-state index contributed by atoms with van der Waals surface area (Å²) < 4.78 is 0. The average Bonchev–Trinajstić information content (AvgIpc) is 2.48. The van der Waals surface area contributed by atoms with Crippen molar-refractivity contribution < 1.29 is 4.79 Å². The number of thiocarbonyl (C=S) groups is 1. The lowest BCUT2D eigenvalue weighted by atomic mass is 9.73. The number of pyridine rings is 1. The second-order valence-electron chi connectivity index (χ2n) is 5.37. The molecule has 0 aromatic carbocycles. The average molecular weight is 291 g/mol. The molecular formula is C15H21N3OS. The third-order valence-electron chi connectivity index (χ3n) is 4.04. The van der Waals surface area contributed by atoms with Crippen molar-refractivity contribution >= 4 is 23.1 Å². The number of nitrogens with zero attached hydrogens (tertiary/aromatic N) is 1. The van der Waals surface area contributed by atoms with Gasteiger partial charge >= 0.3 is 0 Å². The van der Waals surface area contributed by atoms with Crippen LogP contribution < -0.4 is 11.1 Å². The van der Waals surface area contributed by atoms with Gasteiger partial charge in [-0.25, -0.2) is 0 Å². The standard InChI is InChI=1S/C15H21N3OS/c16-13(20)15(7-2-1-3-8-15)14(19)18-10-6-12-5-4-9-17-11-12/h4-5,9,11H,1-3,6-8,10H2,(H2,16,20)(H,18,19). The zero-order valence-electron chi connectivity index (χ0n) is 11.6. The van der Waals surface area contributed by atoms with Crippen molar-refractivity contribution in [2.45, 2.75) is 38.5 Å². The molecule has 1 fully saturated rings. The minimum absolute atomic E-state index is 0.00593. The Morgan fingerprint density at radius 2 is 2.15 bits per heavy atom. The molecule has 1 amide bonds. The van der Waals surface area contributed by atoms with Crippen LogP contribution in [0, 0.1) is 5.41 Å². The van der Waals surface area contributed by atoms with Gasteiger partial charge in [-0.2, -0.15) is 0 Å². The summed E-state index contributed by atoms with van der Waals surface area (Å²) in [5.41, 5.74) is 6.34. The predicted molar refractivity (Wildman–Crippen MR) is 83.3 cm³/mol. The molecule has 0 bridgehead atoms. The van der Waals surface area contributed by atoms with Gasteiger partial charge in [0.05, 0.1) is 10.4 Å². The number of nitrogens with one attached hydrogen (secondary N) is 1. The molecule has 4 nitrogen and oxygen atoms in total. The topological polar surface area (TPSA) is 68.0 Å². The van der Waals surface area contributed by atoms with Crippen LogP contribution in [0.4, 0.5) is 0 Å². The summed E-state index contributed by atoms with van der Waals surface area (Å²) in [6, 6.07) is 3.90. The highest BCUT2D eigenvalue weighted by Crippen LogP contribution is 2.36. The molecule has 0 atom stereocenters. The third kappa shape index (κ3) is 3.33. The van der Waals surface area contributed by atoms with Gasteiger partial charge in [-0.1, -0.05) is 37.5 Å². The van der Waals surface area contributed by atoms with Crippen LogP contribution in [0.15, 0.2) is 24.5 Å². The minimum atomic E-state index is -0.622. The fourth-order valence-corrected chi connectivity index (χ4v) is 3.07. The summed E-state index contributed by atoms with van der Waals surface area (Å²) in [6.45, 7) is 0.592. The number of hydrogen-bond acceptors (Lipinski definition) is 3. The molecule has 1 aliphatic carbocycles. The fourth-order valence-electron chi connectivity index (χ4n) is 2.78. The first-order chi connectivity index (χ1) is 9.65. The van der Waals surface area contributed by atoms with Gasteiger partial charge in [0.25, 0.3) is 0 Å². The molecule has 1 saturated carbocycles. The van der Waals surface area contributed by atoms with E-state index in [4.69, 9.17) is 18.0 Å². The highest BCUT2D eigenvalue weighted by Gasteiger charge is 2.41. The monoisotopic (exact) mass is 291 g/mol. The Balaban J connectivity index is 1.91. The van der Waals surface area contributed by atoms with E-state index >= 15 is 0 Å². The van der Waals surface area contributed by atoms with Crippen LogP contribution in [0.25, 0.3) is 0 Å². The van der Waals surface area contributed by atoms with Gasteiger partial charge < -0.3 is 11.1 Å². The van der Waals surface area contributed by atoms with Crippen molar-refractivity contribution in [3.8, 4) is 0 Å². The fraction of sp³-hybridized carbons (Fsp3) is 0.533. The molecule has 1 aliphatic rings. The first kappa shape index (κ1) is 14.9. The van der Waals surface area contributed by atoms with E-state index < -0.39 is 5.41 Å². The van der Waals surface area contributed by atoms with E-state index in [9.17, 15) is 4.79 Å². The number of aromatic nitrogens is 1. The molecule has 0 radical (unpaired) electrons. The Kier molecular flexibility index (Phi) is 5.06. The van der Waals surface area contributed by atoms with Crippen molar-refractivity contribution in [2.75, 3.05) is 6.54 Å². The van der Waals surface area contributed by atoms with Crippen LogP contribution in [0.2, 0.25) is 0 Å². The Bertz CT molecular complexity index is 469. The predicted octanol–water partition coefficient (Wildman–Crippen LogP) is 1.98. The van der Waals surface area contributed by atoms with Crippen molar-refractivity contribution in [2.24, 2.45) is 11.1 Å². The summed E-state index contributed by atoms with van der Waals surface area (Å²) in [5.74, 6) is -0.00593. The molecule has 1 heterocycles. The quantitative estimate of drug-likeness (QED) is 0.814. The lowest BCUT2D eigenvalue weighted by Crippen LogP contribution is -2.50. The summed E-state index contributed by atoms with van der Waals surface area (Å²) in [6.07, 6.45) is 9.09. The van der Waals surface area contributed by atoms with Crippen LogP contribution in [0.1, 0.15) is 37.7 Å². The number of carbonyl (C=O) groups is 1. The van der Waals surface area contributed by atoms with Crippen LogP contribution in [-0.2, 0) is 11.2 Å². The molecule has 1 aromatic heterocycles. The molecule has 0 saturated heterocycles. The van der Waals surface area contributed by atoms with Gasteiger partial charge in [0.15, 0.2) is 0 Å². The van der Waals surface area contributed by atoms with E-state index in [1.54, 1.807) is 6.20 Å². The van der Waals surface area contributed by atoms with E-state index in [1.165, 1.54) is 0 Å². The lowest BCUT2D eigenvalue weighted by Gasteiger charge is -2.34. The molecule has 0 aliphatic heterocycles. The Morgan fingerprint density at radius 3 is 2.75 bits per heavy atom.